The van der Waals surface area contributed by atoms with Crippen LogP contribution in [0.15, 0.2) is 78.9 Å². The minimum atomic E-state index is -1.29. The van der Waals surface area contributed by atoms with Crippen LogP contribution in [0.2, 0.25) is 0 Å². The van der Waals surface area contributed by atoms with Gasteiger partial charge in [0.2, 0.25) is 0 Å². The van der Waals surface area contributed by atoms with Gasteiger partial charge in [-0.1, -0.05) is 66.7 Å². The zero-order valence-electron chi connectivity index (χ0n) is 20.9. The second-order valence-corrected chi connectivity index (χ2v) is 9.28. The first-order valence-corrected chi connectivity index (χ1v) is 13.0. The molecule has 8 heteroatoms. The number of rotatable bonds is 13. The average Bonchev–Trinajstić information content (AvgIpc) is 2.87. The first kappa shape index (κ1) is 29.7. The monoisotopic (exact) mass is 498 g/mol. The third kappa shape index (κ3) is 8.84. The number of benzene rings is 3. The van der Waals surface area contributed by atoms with Gasteiger partial charge in [-0.3, -0.25) is 9.69 Å². The predicted molar refractivity (Wildman–Crippen MR) is 139 cm³/mol. The Morgan fingerprint density at radius 2 is 1.61 bits per heavy atom. The van der Waals surface area contributed by atoms with E-state index in [1.54, 1.807) is 6.07 Å². The number of carboxylic acids is 1. The number of amides is 1. The van der Waals surface area contributed by atoms with Crippen LogP contribution in [-0.4, -0.2) is 53.1 Å². The van der Waals surface area contributed by atoms with Crippen molar-refractivity contribution < 1.29 is 38.7 Å². The molecule has 3 aromatic carbocycles. The second-order valence-electron chi connectivity index (χ2n) is 8.29. The van der Waals surface area contributed by atoms with Crippen LogP contribution in [0.4, 0.5) is 0 Å². The summed E-state index contributed by atoms with van der Waals surface area (Å²) in [6.45, 7) is 1.83. The summed E-state index contributed by atoms with van der Waals surface area (Å²) >= 11 is 1.52. The van der Waals surface area contributed by atoms with Gasteiger partial charge in [-0.2, -0.15) is 11.8 Å². The molecule has 0 aliphatic heterocycles. The molecular weight excluding hydrogens is 467 g/mol. The van der Waals surface area contributed by atoms with E-state index in [1.807, 2.05) is 66.9 Å². The van der Waals surface area contributed by atoms with Crippen LogP contribution in [0.3, 0.4) is 0 Å². The maximum Gasteiger partial charge on any atom is 1.00 e. The molecule has 0 aliphatic carbocycles. The first-order chi connectivity index (χ1) is 17.0. The van der Waals surface area contributed by atoms with Crippen LogP contribution in [0.1, 0.15) is 27.9 Å². The first-order valence-electron chi connectivity index (χ1n) is 11.6. The van der Waals surface area contributed by atoms with Crippen molar-refractivity contribution in [2.75, 3.05) is 25.2 Å². The molecule has 0 saturated carbocycles. The van der Waals surface area contributed by atoms with Gasteiger partial charge in [-0.25, -0.2) is 0 Å². The van der Waals surface area contributed by atoms with E-state index in [9.17, 15) is 19.8 Å². The Hall–Kier alpha value is -2.53. The minimum absolute atomic E-state index is 0. The summed E-state index contributed by atoms with van der Waals surface area (Å²) in [6.07, 6.45) is 2.18. The molecule has 0 aliphatic rings. The van der Waals surface area contributed by atoms with E-state index in [2.05, 4.69) is 22.3 Å². The number of aliphatic hydroxyl groups excluding tert-OH is 1. The van der Waals surface area contributed by atoms with Gasteiger partial charge in [0, 0.05) is 25.2 Å². The molecular formula is C28H31LiN2O4S. The molecule has 3 rings (SSSR count). The SMILES string of the molecule is CSCC[C@H](NC(=O)c1ccc(CN(CCO)Cc2ccccc2)cc1-c1ccccc1)C(=O)[O-].[Li+]. The fourth-order valence-corrected chi connectivity index (χ4v) is 4.39. The quantitative estimate of drug-likeness (QED) is 0.321. The van der Waals surface area contributed by atoms with E-state index in [1.165, 1.54) is 11.8 Å². The Labute approximate surface area is 229 Å². The molecule has 1 atom stereocenters. The van der Waals surface area contributed by atoms with Crippen LogP contribution in [0.5, 0.6) is 0 Å². The number of thioether (sulfide) groups is 1. The molecule has 0 unspecified atom stereocenters. The average molecular weight is 499 g/mol. The number of nitrogens with one attached hydrogen (secondary N) is 1. The third-order valence-corrected chi connectivity index (χ3v) is 6.33. The molecule has 0 saturated heterocycles. The fourth-order valence-electron chi connectivity index (χ4n) is 3.92. The molecule has 0 bridgehead atoms. The van der Waals surface area contributed by atoms with Crippen molar-refractivity contribution >= 4 is 23.6 Å². The Balaban J connectivity index is 0.00000456. The van der Waals surface area contributed by atoms with Gasteiger partial charge >= 0.3 is 18.9 Å². The standard InChI is InChI=1S/C28H32N2O4S.Li/c1-35-17-14-26(28(33)34)29-27(32)24-13-12-22(18-25(24)23-10-6-3-7-11-23)20-30(15-16-31)19-21-8-4-2-5-9-21;/h2-13,18,26,31H,14-17,19-20H2,1H3,(H,29,32)(H,33,34);/q;+1/p-1/t26-;/m0./s1. The predicted octanol–water partition coefficient (Wildman–Crippen LogP) is -0.0465. The van der Waals surface area contributed by atoms with Gasteiger partial charge < -0.3 is 20.3 Å². The van der Waals surface area contributed by atoms with Crippen LogP contribution >= 0.6 is 11.8 Å². The van der Waals surface area contributed by atoms with Crippen molar-refractivity contribution in [2.45, 2.75) is 25.6 Å². The van der Waals surface area contributed by atoms with E-state index in [-0.39, 0.29) is 25.5 Å². The minimum Gasteiger partial charge on any atom is -0.548 e. The molecule has 184 valence electrons. The third-order valence-electron chi connectivity index (χ3n) is 5.69. The van der Waals surface area contributed by atoms with Gasteiger partial charge in [-0.05, 0) is 52.8 Å². The van der Waals surface area contributed by atoms with Gasteiger partial charge in [0.05, 0.1) is 18.6 Å². The zero-order chi connectivity index (χ0) is 25.0. The molecule has 1 amide bonds. The molecule has 0 spiro atoms. The van der Waals surface area contributed by atoms with Crippen molar-refractivity contribution in [1.29, 1.82) is 0 Å². The molecule has 3 aromatic rings. The van der Waals surface area contributed by atoms with E-state index in [0.29, 0.717) is 37.4 Å². The van der Waals surface area contributed by atoms with Crippen molar-refractivity contribution in [2.24, 2.45) is 0 Å². The normalized spacial score (nSPS) is 11.5. The summed E-state index contributed by atoms with van der Waals surface area (Å²) in [5.41, 5.74) is 4.14. The van der Waals surface area contributed by atoms with Gasteiger partial charge in [-0.15, -0.1) is 0 Å². The summed E-state index contributed by atoms with van der Waals surface area (Å²) in [5.74, 6) is -1.13. The van der Waals surface area contributed by atoms with Gasteiger partial charge in [0.15, 0.2) is 0 Å². The number of hydrogen-bond acceptors (Lipinski definition) is 6. The summed E-state index contributed by atoms with van der Waals surface area (Å²) in [5, 5.41) is 23.8. The van der Waals surface area contributed by atoms with E-state index < -0.39 is 17.9 Å². The Morgan fingerprint density at radius 3 is 2.22 bits per heavy atom. The zero-order valence-corrected chi connectivity index (χ0v) is 21.7. The summed E-state index contributed by atoms with van der Waals surface area (Å²) in [4.78, 5) is 26.8. The number of aliphatic hydroxyl groups is 1. The Kier molecular flexibility index (Phi) is 12.8. The van der Waals surface area contributed by atoms with Crippen molar-refractivity contribution in [3.05, 3.63) is 95.6 Å². The van der Waals surface area contributed by atoms with Crippen LogP contribution < -0.4 is 29.3 Å². The van der Waals surface area contributed by atoms with Crippen molar-refractivity contribution in [3.8, 4) is 11.1 Å². The van der Waals surface area contributed by atoms with Crippen molar-refractivity contribution in [3.63, 3.8) is 0 Å². The topological polar surface area (TPSA) is 92.7 Å². The smallest absolute Gasteiger partial charge is 0.548 e. The summed E-state index contributed by atoms with van der Waals surface area (Å²) < 4.78 is 0. The Morgan fingerprint density at radius 1 is 0.972 bits per heavy atom. The Bertz CT molecular complexity index is 1100. The second kappa shape index (κ2) is 15.6. The van der Waals surface area contributed by atoms with Crippen LogP contribution in [0, 0.1) is 0 Å². The van der Waals surface area contributed by atoms with Crippen LogP contribution in [0.25, 0.3) is 11.1 Å². The fraction of sp³-hybridized carbons (Fsp3) is 0.286. The maximum absolute atomic E-state index is 13.1. The number of hydrogen-bond donors (Lipinski definition) is 2. The molecule has 0 fully saturated rings. The van der Waals surface area contributed by atoms with Gasteiger partial charge in [0.25, 0.3) is 5.91 Å². The summed E-state index contributed by atoms with van der Waals surface area (Å²) in [7, 11) is 0. The van der Waals surface area contributed by atoms with E-state index >= 15 is 0 Å². The van der Waals surface area contributed by atoms with Crippen molar-refractivity contribution in [1.82, 2.24) is 10.2 Å². The molecule has 6 nitrogen and oxygen atoms in total. The maximum atomic E-state index is 13.1. The van der Waals surface area contributed by atoms with Crippen LogP contribution in [-0.2, 0) is 17.9 Å². The number of aliphatic carboxylic acids is 1. The van der Waals surface area contributed by atoms with E-state index in [4.69, 9.17) is 0 Å². The molecule has 0 radical (unpaired) electrons. The molecule has 36 heavy (non-hydrogen) atoms. The van der Waals surface area contributed by atoms with Gasteiger partial charge in [0.1, 0.15) is 0 Å². The number of nitrogens with zero attached hydrogens (tertiary/aromatic N) is 1. The number of carbonyl (C=O) groups is 2. The number of carbonyl (C=O) groups excluding carboxylic acids is 2. The summed E-state index contributed by atoms with van der Waals surface area (Å²) in [6, 6.07) is 24.2. The largest absolute Gasteiger partial charge is 1.00 e. The number of carboxylic acid groups (broad SMARTS) is 1. The molecule has 0 heterocycles. The molecule has 0 aromatic heterocycles. The van der Waals surface area contributed by atoms with E-state index in [0.717, 1.165) is 22.3 Å². The molecule has 2 N–H and O–H groups in total.